The molecule has 2 N–H and O–H groups in total. The third kappa shape index (κ3) is 5.01. The molecule has 5 rings (SSSR count). The van der Waals surface area contributed by atoms with Crippen molar-refractivity contribution in [2.45, 2.75) is 78.6 Å². The van der Waals surface area contributed by atoms with Crippen LogP contribution in [0, 0.1) is 24.0 Å². The minimum Gasteiger partial charge on any atom is -0.444 e. The number of carbonyl (C=O) groups excluding carboxylic acids is 2. The quantitative estimate of drug-likeness (QED) is 0.400. The van der Waals surface area contributed by atoms with Crippen LogP contribution in [0.25, 0.3) is 21.9 Å². The molecule has 0 radical (unpaired) electrons. The van der Waals surface area contributed by atoms with E-state index in [1.54, 1.807) is 27.0 Å². The van der Waals surface area contributed by atoms with Crippen molar-refractivity contribution in [2.24, 2.45) is 5.41 Å². The van der Waals surface area contributed by atoms with Crippen LogP contribution in [0.3, 0.4) is 0 Å². The smallest absolute Gasteiger partial charge is 0.414 e. The summed E-state index contributed by atoms with van der Waals surface area (Å²) in [4.78, 5) is 36.1. The SMILES string of the molecule is Cc1cnc2[nH]c3c(N(C)C(=O)OC(C)(C)C)cc(F)c(F)c3c2c1N1CCC2(CC2NC(=O)OC(C)(C)C)C1. The van der Waals surface area contributed by atoms with Crippen molar-refractivity contribution < 1.29 is 27.8 Å². The number of pyridine rings is 1. The first kappa shape index (κ1) is 27.9. The van der Waals surface area contributed by atoms with Gasteiger partial charge >= 0.3 is 12.2 Å². The lowest BCUT2D eigenvalue weighted by molar-refractivity contribution is 0.0515. The standard InChI is InChI=1S/C29H37F2N5O4/c1-15-13-32-24-20(23(15)36-10-9-29(14-36)12-18(29)33-25(37)39-27(2,3)4)19-21(31)16(30)11-17(22(19)34-24)35(8)26(38)40-28(5,6)7/h11,13,18H,9-10,12,14H2,1-8H3,(H,32,34)(H,33,37). The Kier molecular flexibility index (Phi) is 6.43. The van der Waals surface area contributed by atoms with Crippen molar-refractivity contribution >= 4 is 45.5 Å². The third-order valence-electron chi connectivity index (χ3n) is 7.54. The van der Waals surface area contributed by atoms with Crippen LogP contribution in [0.15, 0.2) is 12.3 Å². The van der Waals surface area contributed by atoms with Crippen LogP contribution in [0.5, 0.6) is 0 Å². The lowest BCUT2D eigenvalue weighted by Gasteiger charge is -2.25. The van der Waals surface area contributed by atoms with E-state index in [-0.39, 0.29) is 28.0 Å². The molecule has 216 valence electrons. The van der Waals surface area contributed by atoms with Crippen molar-refractivity contribution in [1.29, 1.82) is 0 Å². The summed E-state index contributed by atoms with van der Waals surface area (Å²) >= 11 is 0. The third-order valence-corrected chi connectivity index (χ3v) is 7.54. The first-order valence-corrected chi connectivity index (χ1v) is 13.5. The Bertz CT molecular complexity index is 1520. The highest BCUT2D eigenvalue weighted by atomic mass is 19.2. The number of alkyl carbamates (subject to hydrolysis) is 1. The van der Waals surface area contributed by atoms with Crippen LogP contribution >= 0.6 is 0 Å². The van der Waals surface area contributed by atoms with Crippen molar-refractivity contribution in [2.75, 3.05) is 29.9 Å². The molecular weight excluding hydrogens is 520 g/mol. The number of ether oxygens (including phenoxy) is 2. The van der Waals surface area contributed by atoms with Gasteiger partial charge in [0, 0.05) is 43.9 Å². The zero-order valence-electron chi connectivity index (χ0n) is 24.3. The van der Waals surface area contributed by atoms with Gasteiger partial charge in [-0.25, -0.2) is 23.4 Å². The largest absolute Gasteiger partial charge is 0.444 e. The van der Waals surface area contributed by atoms with Gasteiger partial charge in [0.15, 0.2) is 11.6 Å². The molecule has 1 saturated heterocycles. The van der Waals surface area contributed by atoms with Gasteiger partial charge in [0.2, 0.25) is 0 Å². The van der Waals surface area contributed by atoms with Gasteiger partial charge in [-0.2, -0.15) is 0 Å². The fourth-order valence-electron chi connectivity index (χ4n) is 5.66. The molecule has 1 spiro atoms. The predicted molar refractivity (Wildman–Crippen MR) is 150 cm³/mol. The molecule has 1 saturated carbocycles. The second-order valence-electron chi connectivity index (χ2n) is 13.1. The molecule has 2 atom stereocenters. The lowest BCUT2D eigenvalue weighted by Crippen LogP contribution is -2.36. The van der Waals surface area contributed by atoms with E-state index in [0.717, 1.165) is 30.2 Å². The number of amides is 2. The number of rotatable bonds is 3. The average molecular weight is 558 g/mol. The number of nitrogens with one attached hydrogen (secondary N) is 2. The molecular formula is C29H37F2N5O4. The number of halogens is 2. The number of anilines is 2. The molecule has 3 heterocycles. The summed E-state index contributed by atoms with van der Waals surface area (Å²) < 4.78 is 41.5. The minimum atomic E-state index is -1.08. The maximum atomic E-state index is 15.5. The molecule has 1 aliphatic carbocycles. The summed E-state index contributed by atoms with van der Waals surface area (Å²) in [6, 6.07) is 0.974. The first-order valence-electron chi connectivity index (χ1n) is 13.5. The van der Waals surface area contributed by atoms with E-state index >= 15 is 8.78 Å². The molecule has 2 aliphatic rings. The Morgan fingerprint density at radius 3 is 2.48 bits per heavy atom. The van der Waals surface area contributed by atoms with Crippen molar-refractivity contribution in [1.82, 2.24) is 15.3 Å². The molecule has 11 heteroatoms. The number of benzene rings is 1. The Balaban J connectivity index is 1.52. The molecule has 2 unspecified atom stereocenters. The number of aromatic amines is 1. The summed E-state index contributed by atoms with van der Waals surface area (Å²) in [5.41, 5.74) is 0.896. The Morgan fingerprint density at radius 1 is 1.15 bits per heavy atom. The Labute approximate surface area is 232 Å². The lowest BCUT2D eigenvalue weighted by atomic mass is 10.1. The van der Waals surface area contributed by atoms with Gasteiger partial charge in [-0.15, -0.1) is 0 Å². The number of fused-ring (bicyclic) bond motifs is 3. The zero-order valence-corrected chi connectivity index (χ0v) is 24.3. The number of hydrogen-bond donors (Lipinski definition) is 2. The highest BCUT2D eigenvalue weighted by Crippen LogP contribution is 2.55. The van der Waals surface area contributed by atoms with Gasteiger partial charge in [-0.05, 0) is 66.9 Å². The first-order chi connectivity index (χ1) is 18.5. The van der Waals surface area contributed by atoms with Gasteiger partial charge in [-0.1, -0.05) is 0 Å². The summed E-state index contributed by atoms with van der Waals surface area (Å²) in [7, 11) is 1.46. The molecule has 1 aromatic carbocycles. The second-order valence-corrected chi connectivity index (χ2v) is 13.1. The number of carbonyl (C=O) groups is 2. The van der Waals surface area contributed by atoms with E-state index in [2.05, 4.69) is 20.2 Å². The maximum Gasteiger partial charge on any atom is 0.414 e. The van der Waals surface area contributed by atoms with Gasteiger partial charge < -0.3 is 24.7 Å². The van der Waals surface area contributed by atoms with E-state index in [4.69, 9.17) is 9.47 Å². The maximum absolute atomic E-state index is 15.5. The summed E-state index contributed by atoms with van der Waals surface area (Å²) in [5.74, 6) is -2.09. The highest BCUT2D eigenvalue weighted by molar-refractivity contribution is 6.17. The zero-order chi connectivity index (χ0) is 29.4. The number of hydrogen-bond acceptors (Lipinski definition) is 6. The van der Waals surface area contributed by atoms with E-state index in [0.29, 0.717) is 24.1 Å². The van der Waals surface area contributed by atoms with E-state index in [1.807, 2.05) is 27.7 Å². The van der Waals surface area contributed by atoms with Crippen molar-refractivity contribution in [3.05, 3.63) is 29.5 Å². The van der Waals surface area contributed by atoms with Gasteiger partial charge in [0.25, 0.3) is 0 Å². The predicted octanol–water partition coefficient (Wildman–Crippen LogP) is 6.17. The molecule has 3 aromatic rings. The second kappa shape index (κ2) is 9.21. The number of aromatic nitrogens is 2. The fraction of sp³-hybridized carbons (Fsp3) is 0.552. The molecule has 1 aliphatic heterocycles. The van der Waals surface area contributed by atoms with Crippen LogP contribution in [0.1, 0.15) is 59.9 Å². The number of aryl methyl sites for hydroxylation is 1. The monoisotopic (exact) mass is 557 g/mol. The van der Waals surface area contributed by atoms with Gasteiger partial charge in [0.05, 0.1) is 27.7 Å². The molecule has 2 amide bonds. The van der Waals surface area contributed by atoms with Crippen LogP contribution in [0.4, 0.5) is 29.7 Å². The van der Waals surface area contributed by atoms with Gasteiger partial charge in [-0.3, -0.25) is 4.90 Å². The number of nitrogens with zero attached hydrogens (tertiary/aromatic N) is 3. The van der Waals surface area contributed by atoms with Gasteiger partial charge in [0.1, 0.15) is 16.8 Å². The molecule has 2 aromatic heterocycles. The molecule has 0 bridgehead atoms. The molecule has 9 nitrogen and oxygen atoms in total. The van der Waals surface area contributed by atoms with Crippen LogP contribution in [-0.4, -0.2) is 59.5 Å². The Hall–Kier alpha value is -3.63. The van der Waals surface area contributed by atoms with Crippen molar-refractivity contribution in [3.63, 3.8) is 0 Å². The van der Waals surface area contributed by atoms with E-state index in [9.17, 15) is 9.59 Å². The topological polar surface area (TPSA) is 99.8 Å². The van der Waals surface area contributed by atoms with Crippen molar-refractivity contribution in [3.8, 4) is 0 Å². The highest BCUT2D eigenvalue weighted by Gasteiger charge is 2.58. The summed E-state index contributed by atoms with van der Waals surface area (Å²) in [6.45, 7) is 13.9. The van der Waals surface area contributed by atoms with E-state index in [1.165, 1.54) is 11.9 Å². The van der Waals surface area contributed by atoms with Crippen LogP contribution in [-0.2, 0) is 9.47 Å². The minimum absolute atomic E-state index is 0.0174. The number of H-pyrrole nitrogens is 1. The molecule has 2 fully saturated rings. The van der Waals surface area contributed by atoms with Crippen LogP contribution < -0.4 is 15.1 Å². The van der Waals surface area contributed by atoms with Crippen LogP contribution in [0.2, 0.25) is 0 Å². The normalized spacial score (nSPS) is 20.9. The average Bonchev–Trinajstić information content (AvgIpc) is 3.13. The molecule has 40 heavy (non-hydrogen) atoms. The van der Waals surface area contributed by atoms with E-state index < -0.39 is 35.0 Å². The fourth-order valence-corrected chi connectivity index (χ4v) is 5.66. The summed E-state index contributed by atoms with van der Waals surface area (Å²) in [5, 5.41) is 3.48. The Morgan fingerprint density at radius 2 is 1.82 bits per heavy atom. The summed E-state index contributed by atoms with van der Waals surface area (Å²) in [6.07, 6.45) is 2.22.